The zero-order valence-electron chi connectivity index (χ0n) is 11.0. The van der Waals surface area contributed by atoms with E-state index in [4.69, 9.17) is 4.74 Å². The van der Waals surface area contributed by atoms with E-state index in [0.717, 1.165) is 12.0 Å². The van der Waals surface area contributed by atoms with Crippen LogP contribution in [0, 0.1) is 3.57 Å². The Hall–Kier alpha value is -1.56. The van der Waals surface area contributed by atoms with Crippen LogP contribution in [0.2, 0.25) is 0 Å². The van der Waals surface area contributed by atoms with Crippen molar-refractivity contribution in [3.63, 3.8) is 0 Å². The van der Waals surface area contributed by atoms with Crippen LogP contribution in [0.1, 0.15) is 11.1 Å². The summed E-state index contributed by atoms with van der Waals surface area (Å²) in [5.41, 5.74) is 2.19. The molecule has 2 aromatic rings. The number of hydrogen-bond donors (Lipinski definition) is 1. The molecule has 0 aliphatic rings. The third-order valence-electron chi connectivity index (χ3n) is 2.78. The van der Waals surface area contributed by atoms with Crippen molar-refractivity contribution >= 4 is 28.7 Å². The van der Waals surface area contributed by atoms with Crippen molar-refractivity contribution < 1.29 is 9.53 Å². The first kappa shape index (κ1) is 14.8. The molecule has 0 atom stereocenters. The van der Waals surface area contributed by atoms with Crippen molar-refractivity contribution in [2.24, 2.45) is 0 Å². The van der Waals surface area contributed by atoms with Crippen LogP contribution >= 0.6 is 22.6 Å². The van der Waals surface area contributed by atoms with Crippen molar-refractivity contribution in [3.8, 4) is 0 Å². The standard InChI is InChI=1S/C16H16INO2/c17-15-8-4-7-13(11-15)9-10-18-16(19)20-12-14-5-2-1-3-6-14/h1-8,11H,9-10,12H2,(H,18,19). The molecular formula is C16H16INO2. The van der Waals surface area contributed by atoms with Crippen molar-refractivity contribution in [2.75, 3.05) is 6.54 Å². The molecule has 0 saturated heterocycles. The Morgan fingerprint density at radius 1 is 1.05 bits per heavy atom. The van der Waals surface area contributed by atoms with Crippen LogP contribution in [0.3, 0.4) is 0 Å². The Morgan fingerprint density at radius 2 is 1.80 bits per heavy atom. The number of carbonyl (C=O) groups is 1. The minimum atomic E-state index is -0.375. The summed E-state index contributed by atoms with van der Waals surface area (Å²) >= 11 is 2.28. The van der Waals surface area contributed by atoms with Gasteiger partial charge in [-0.15, -0.1) is 0 Å². The monoisotopic (exact) mass is 381 g/mol. The van der Waals surface area contributed by atoms with E-state index in [2.05, 4.69) is 40.0 Å². The lowest BCUT2D eigenvalue weighted by atomic mass is 10.1. The van der Waals surface area contributed by atoms with Gasteiger partial charge < -0.3 is 10.1 Å². The molecule has 0 aliphatic carbocycles. The molecule has 0 unspecified atom stereocenters. The molecule has 0 aromatic heterocycles. The van der Waals surface area contributed by atoms with E-state index in [0.29, 0.717) is 13.2 Å². The zero-order valence-corrected chi connectivity index (χ0v) is 13.2. The van der Waals surface area contributed by atoms with E-state index in [1.54, 1.807) is 0 Å². The van der Waals surface area contributed by atoms with Crippen molar-refractivity contribution in [2.45, 2.75) is 13.0 Å². The lowest BCUT2D eigenvalue weighted by Gasteiger charge is -2.07. The summed E-state index contributed by atoms with van der Waals surface area (Å²) in [4.78, 5) is 11.5. The summed E-state index contributed by atoms with van der Waals surface area (Å²) in [6.45, 7) is 0.879. The number of rotatable bonds is 5. The van der Waals surface area contributed by atoms with E-state index in [9.17, 15) is 4.79 Å². The average molecular weight is 381 g/mol. The van der Waals surface area contributed by atoms with Crippen LogP contribution in [0.5, 0.6) is 0 Å². The summed E-state index contributed by atoms with van der Waals surface area (Å²) in [5.74, 6) is 0. The lowest BCUT2D eigenvalue weighted by Crippen LogP contribution is -2.26. The van der Waals surface area contributed by atoms with Crippen molar-refractivity contribution in [3.05, 3.63) is 69.3 Å². The van der Waals surface area contributed by atoms with Crippen molar-refractivity contribution in [1.82, 2.24) is 5.32 Å². The number of benzene rings is 2. The third-order valence-corrected chi connectivity index (χ3v) is 3.46. The highest BCUT2D eigenvalue weighted by Gasteiger charge is 2.02. The fraction of sp³-hybridized carbons (Fsp3) is 0.188. The predicted octanol–water partition coefficient (Wildman–Crippen LogP) is 3.76. The maximum Gasteiger partial charge on any atom is 0.407 e. The van der Waals surface area contributed by atoms with Gasteiger partial charge in [0.05, 0.1) is 0 Å². The first-order valence-corrected chi connectivity index (χ1v) is 7.51. The second kappa shape index (κ2) is 7.89. The summed E-state index contributed by atoms with van der Waals surface area (Å²) in [5, 5.41) is 2.76. The zero-order chi connectivity index (χ0) is 14.2. The van der Waals surface area contributed by atoms with Gasteiger partial charge in [0.15, 0.2) is 0 Å². The smallest absolute Gasteiger partial charge is 0.407 e. The summed E-state index contributed by atoms with van der Waals surface area (Å²) in [7, 11) is 0. The summed E-state index contributed by atoms with van der Waals surface area (Å²) in [6.07, 6.45) is 0.427. The summed E-state index contributed by atoms with van der Waals surface area (Å²) in [6, 6.07) is 17.9. The SMILES string of the molecule is O=C(NCCc1cccc(I)c1)OCc1ccccc1. The van der Waals surface area contributed by atoms with Gasteiger partial charge >= 0.3 is 6.09 Å². The fourth-order valence-corrected chi connectivity index (χ4v) is 2.38. The van der Waals surface area contributed by atoms with E-state index in [-0.39, 0.29) is 6.09 Å². The van der Waals surface area contributed by atoms with Crippen LogP contribution in [-0.2, 0) is 17.8 Å². The third kappa shape index (κ3) is 5.21. The first-order chi connectivity index (χ1) is 9.74. The second-order valence-corrected chi connectivity index (χ2v) is 5.61. The van der Waals surface area contributed by atoms with Gasteiger partial charge in [-0.2, -0.15) is 0 Å². The Kier molecular flexibility index (Phi) is 5.86. The van der Waals surface area contributed by atoms with Crippen LogP contribution in [0.4, 0.5) is 4.79 Å². The highest BCUT2D eigenvalue weighted by molar-refractivity contribution is 14.1. The molecule has 20 heavy (non-hydrogen) atoms. The van der Waals surface area contributed by atoms with Gasteiger partial charge in [0.2, 0.25) is 0 Å². The van der Waals surface area contributed by atoms with Gasteiger partial charge in [-0.05, 0) is 52.3 Å². The molecule has 0 fully saturated rings. The van der Waals surface area contributed by atoms with E-state index in [1.165, 1.54) is 9.13 Å². The van der Waals surface area contributed by atoms with Gasteiger partial charge in [0, 0.05) is 10.1 Å². The molecule has 0 bridgehead atoms. The second-order valence-electron chi connectivity index (χ2n) is 4.37. The molecule has 0 spiro atoms. The molecular weight excluding hydrogens is 365 g/mol. The van der Waals surface area contributed by atoms with Gasteiger partial charge in [0.1, 0.15) is 6.61 Å². The highest BCUT2D eigenvalue weighted by Crippen LogP contribution is 2.07. The maximum absolute atomic E-state index is 11.5. The molecule has 0 aliphatic heterocycles. The quantitative estimate of drug-likeness (QED) is 0.802. The number of amides is 1. The molecule has 104 valence electrons. The van der Waals surface area contributed by atoms with Gasteiger partial charge in [0.25, 0.3) is 0 Å². The molecule has 4 heteroatoms. The number of ether oxygens (including phenoxy) is 1. The number of nitrogens with one attached hydrogen (secondary N) is 1. The fourth-order valence-electron chi connectivity index (χ4n) is 1.78. The van der Waals surface area contributed by atoms with E-state index < -0.39 is 0 Å². The maximum atomic E-state index is 11.5. The summed E-state index contributed by atoms with van der Waals surface area (Å²) < 4.78 is 6.34. The van der Waals surface area contributed by atoms with Crippen LogP contribution in [0.15, 0.2) is 54.6 Å². The molecule has 0 heterocycles. The Balaban J connectivity index is 1.68. The minimum Gasteiger partial charge on any atom is -0.445 e. The normalized spacial score (nSPS) is 10.1. The van der Waals surface area contributed by atoms with Crippen LogP contribution in [-0.4, -0.2) is 12.6 Å². The van der Waals surface area contributed by atoms with Crippen LogP contribution in [0.25, 0.3) is 0 Å². The highest BCUT2D eigenvalue weighted by atomic mass is 127. The van der Waals surface area contributed by atoms with Crippen molar-refractivity contribution in [1.29, 1.82) is 0 Å². The van der Waals surface area contributed by atoms with Crippen LogP contribution < -0.4 is 5.32 Å². The Bertz CT molecular complexity index is 557. The molecule has 3 nitrogen and oxygen atoms in total. The number of hydrogen-bond acceptors (Lipinski definition) is 2. The number of alkyl carbamates (subject to hydrolysis) is 1. The van der Waals surface area contributed by atoms with E-state index >= 15 is 0 Å². The van der Waals surface area contributed by atoms with Gasteiger partial charge in [-0.3, -0.25) is 0 Å². The lowest BCUT2D eigenvalue weighted by molar-refractivity contribution is 0.140. The first-order valence-electron chi connectivity index (χ1n) is 6.43. The molecule has 1 N–H and O–H groups in total. The molecule has 2 rings (SSSR count). The van der Waals surface area contributed by atoms with E-state index in [1.807, 2.05) is 42.5 Å². The van der Waals surface area contributed by atoms with Gasteiger partial charge in [-0.1, -0.05) is 42.5 Å². The predicted molar refractivity (Wildman–Crippen MR) is 87.5 cm³/mol. The molecule has 2 aromatic carbocycles. The Morgan fingerprint density at radius 3 is 2.55 bits per heavy atom. The number of halogens is 1. The largest absolute Gasteiger partial charge is 0.445 e. The molecule has 0 saturated carbocycles. The Labute approximate surface area is 132 Å². The molecule has 1 amide bonds. The van der Waals surface area contributed by atoms with Gasteiger partial charge in [-0.25, -0.2) is 4.79 Å². The number of carbonyl (C=O) groups excluding carboxylic acids is 1. The minimum absolute atomic E-state index is 0.301. The average Bonchev–Trinajstić information content (AvgIpc) is 2.46. The molecule has 0 radical (unpaired) electrons. The topological polar surface area (TPSA) is 38.3 Å².